The first kappa shape index (κ1) is 89.8. The Hall–Kier alpha value is -7.13. The second-order valence-corrected chi connectivity index (χ2v) is 27.6. The summed E-state index contributed by atoms with van der Waals surface area (Å²) in [5, 5.41) is 176. The van der Waals surface area contributed by atoms with Crippen molar-refractivity contribution in [3.05, 3.63) is 47.6 Å². The number of carboxylic acid groups (broad SMARTS) is 1. The lowest BCUT2D eigenvalue weighted by Crippen LogP contribution is -3.00. The number of hydrogen-bond acceptors (Lipinski definition) is 39. The quantitative estimate of drug-likeness (QED) is 0.0183. The van der Waals surface area contributed by atoms with Crippen LogP contribution in [-0.4, -0.2) is 405 Å². The molecule has 16 N–H and O–H groups in total. The van der Waals surface area contributed by atoms with E-state index in [9.17, 15) is 90.4 Å². The molecule has 0 radical (unpaired) electrons. The fraction of sp³-hybridized carbons (Fsp3) is 0.800. The Labute approximate surface area is 646 Å². The first-order valence-corrected chi connectivity index (χ1v) is 36.9. The largest absolute Gasteiger partial charge is 0.480 e. The van der Waals surface area contributed by atoms with Gasteiger partial charge in [-0.05, 0) is 19.4 Å². The van der Waals surface area contributed by atoms with Crippen LogP contribution in [0.1, 0.15) is 69.7 Å². The highest BCUT2D eigenvalue weighted by atomic mass is 16.7. The van der Waals surface area contributed by atoms with Crippen molar-refractivity contribution in [2.24, 2.45) is 0 Å². The number of unbranched alkanes of at least 4 members (excludes halogenated alkanes) is 1. The van der Waals surface area contributed by atoms with Gasteiger partial charge in [-0.3, -0.25) is 38.7 Å². The Kier molecular flexibility index (Phi) is 34.3. The Bertz CT molecular complexity index is 3530. The molecule has 4 aromatic rings. The molecule has 20 atom stereocenters. The predicted octanol–water partition coefficient (Wildman–Crippen LogP) is -10.7. The molecule has 4 aromatic heterocycles. The number of fused-ring (bicyclic) bond motifs is 1. The van der Waals surface area contributed by atoms with Gasteiger partial charge in [-0.15, -0.1) is 20.4 Å². The second kappa shape index (κ2) is 43.2. The maximum absolute atomic E-state index is 13.5. The molecule has 113 heavy (non-hydrogen) atoms. The summed E-state index contributed by atoms with van der Waals surface area (Å²) < 4.78 is 74.4. The number of amides is 4. The van der Waals surface area contributed by atoms with Gasteiger partial charge in [0.1, 0.15) is 73.1 Å². The third-order valence-corrected chi connectivity index (χ3v) is 19.4. The predicted molar refractivity (Wildman–Crippen MR) is 370 cm³/mol. The number of ether oxygens (including phenoxy) is 12. The standard InChI is InChI=1S/C65H106N18O30/c1-37(88)66-49-53(94)51(92)46(33-84)110-60(49)106-21-17-102-13-9-79-29-41(69-73-79)25-77(26-42-30-80(74-70-42)10-16-105-20-24-109-63-65(68-39(3)90)56(97)55(96)64(65,36-87)113-63)8-6-5-7-45(59(100)101)78(28-44-32-82(76-72-44)12-15-104-19-23-108-62-58(99)83(40(4)91)57(98)48(35-86)112-62)27-43-31-81(75-71-43)11-14-103-18-22-107-61-50(67-38(2)89)54(95)52(93)47(34-85)111-61/h29-32,45-58,60-63,84-87,92-99H,5-28,33-36H2,1-4H3,(H,66,88)(H,67,89)(H,68,90)(H,100,101)/t45-,46?,47?,48?,49?,50?,51?,52?,53?,54?,55?,56?,57?,58?,60?,61?,62?,63?,64?,65?/m0/s1. The topological polar surface area (TPSA) is 628 Å². The number of carbonyl (C=O) groups excluding carboxylic acids is 4. The number of aliphatic hydroxyl groups excluding tert-OH is 12. The van der Waals surface area contributed by atoms with Crippen molar-refractivity contribution in [1.82, 2.24) is 90.6 Å². The van der Waals surface area contributed by atoms with Gasteiger partial charge in [-0.25, -0.2) is 18.7 Å². The van der Waals surface area contributed by atoms with Crippen molar-refractivity contribution >= 4 is 29.6 Å². The van der Waals surface area contributed by atoms with Gasteiger partial charge in [0.15, 0.2) is 42.5 Å². The number of hydrogen-bond donors (Lipinski definition) is 16. The summed E-state index contributed by atoms with van der Waals surface area (Å²) in [6.45, 7) is 4.26. The highest BCUT2D eigenvalue weighted by molar-refractivity contribution is 5.76. The third kappa shape index (κ3) is 23.4. The van der Waals surface area contributed by atoms with E-state index in [0.717, 1.165) is 11.8 Å². The first-order valence-electron chi connectivity index (χ1n) is 36.9. The minimum atomic E-state index is -1.67. The van der Waals surface area contributed by atoms with Gasteiger partial charge in [0, 0.05) is 78.7 Å². The Morgan fingerprint density at radius 2 is 0.903 bits per heavy atom. The monoisotopic (exact) mass is 1620 g/mol. The van der Waals surface area contributed by atoms with Crippen molar-refractivity contribution < 1.29 is 147 Å². The van der Waals surface area contributed by atoms with Crippen molar-refractivity contribution in [3.8, 4) is 0 Å². The Morgan fingerprint density at radius 3 is 1.29 bits per heavy atom. The van der Waals surface area contributed by atoms with Gasteiger partial charge >= 0.3 is 5.97 Å². The molecule has 5 aliphatic rings. The Morgan fingerprint density at radius 1 is 0.496 bits per heavy atom. The van der Waals surface area contributed by atoms with E-state index in [-0.39, 0.29) is 138 Å². The third-order valence-electron chi connectivity index (χ3n) is 19.4. The van der Waals surface area contributed by atoms with Gasteiger partial charge in [0.2, 0.25) is 29.9 Å². The molecule has 636 valence electrons. The molecule has 0 aromatic carbocycles. The molecule has 48 heteroatoms. The summed E-state index contributed by atoms with van der Waals surface area (Å²) in [7, 11) is 0. The molecular formula is C65H106N18O30. The maximum atomic E-state index is 13.5. The van der Waals surface area contributed by atoms with Crippen LogP contribution in [0.25, 0.3) is 0 Å². The van der Waals surface area contributed by atoms with Crippen LogP contribution in [0, 0.1) is 0 Å². The van der Waals surface area contributed by atoms with Crippen LogP contribution in [0.5, 0.6) is 0 Å². The van der Waals surface area contributed by atoms with E-state index in [0.29, 0.717) is 42.2 Å². The van der Waals surface area contributed by atoms with E-state index < -0.39 is 178 Å². The van der Waals surface area contributed by atoms with Crippen LogP contribution in [0.2, 0.25) is 0 Å². The zero-order valence-electron chi connectivity index (χ0n) is 63.0. The van der Waals surface area contributed by atoms with Gasteiger partial charge in [-0.2, -0.15) is 0 Å². The second-order valence-electron chi connectivity index (χ2n) is 27.6. The summed E-state index contributed by atoms with van der Waals surface area (Å²) >= 11 is 0. The molecule has 4 amide bonds. The van der Waals surface area contributed by atoms with Crippen LogP contribution in [0.3, 0.4) is 0 Å². The van der Waals surface area contributed by atoms with Gasteiger partial charge in [0.25, 0.3) is 0 Å². The average Bonchev–Trinajstić information content (AvgIpc) is 1.10. The molecule has 1 aliphatic carbocycles. The van der Waals surface area contributed by atoms with Crippen LogP contribution in [0.15, 0.2) is 24.8 Å². The minimum Gasteiger partial charge on any atom is -0.480 e. The van der Waals surface area contributed by atoms with Crippen LogP contribution in [0.4, 0.5) is 0 Å². The minimum absolute atomic E-state index is 0.0103. The number of carboxylic acids is 1. The molecule has 4 aliphatic heterocycles. The normalized spacial score (nSPS) is 29.3. The van der Waals surface area contributed by atoms with Gasteiger partial charge < -0.3 is 139 Å². The molecule has 4 saturated heterocycles. The number of carbonyl (C=O) groups is 5. The van der Waals surface area contributed by atoms with Crippen LogP contribution < -0.4 is 16.0 Å². The number of morpholine rings is 1. The number of aliphatic hydroxyl groups is 12. The van der Waals surface area contributed by atoms with Gasteiger partial charge in [-0.1, -0.05) is 27.3 Å². The van der Waals surface area contributed by atoms with Crippen molar-refractivity contribution in [2.75, 3.05) is 112 Å². The number of aromatic nitrogens is 12. The van der Waals surface area contributed by atoms with E-state index in [4.69, 9.17) is 56.8 Å². The van der Waals surface area contributed by atoms with E-state index >= 15 is 0 Å². The zero-order valence-corrected chi connectivity index (χ0v) is 63.0. The Balaban J connectivity index is 0.815. The van der Waals surface area contributed by atoms with E-state index in [1.807, 2.05) is 4.90 Å². The summed E-state index contributed by atoms with van der Waals surface area (Å²) in [5.41, 5.74) is -1.27. The fourth-order valence-corrected chi connectivity index (χ4v) is 13.7. The molecular weight excluding hydrogens is 1510 g/mol. The molecule has 1 saturated carbocycles. The highest BCUT2D eigenvalue weighted by Gasteiger charge is 2.85. The zero-order chi connectivity index (χ0) is 81.5. The molecule has 8 heterocycles. The summed E-state index contributed by atoms with van der Waals surface area (Å²) in [5.74, 6) is -3.36. The van der Waals surface area contributed by atoms with Crippen molar-refractivity contribution in [2.45, 2.75) is 221 Å². The molecule has 0 bridgehead atoms. The molecule has 5 fully saturated rings. The maximum Gasteiger partial charge on any atom is 0.320 e. The lowest BCUT2D eigenvalue weighted by Gasteiger charge is -2.73. The molecule has 19 unspecified atom stereocenters. The smallest absolute Gasteiger partial charge is 0.320 e. The van der Waals surface area contributed by atoms with Crippen molar-refractivity contribution in [3.63, 3.8) is 0 Å². The van der Waals surface area contributed by atoms with E-state index in [1.54, 1.807) is 39.1 Å². The van der Waals surface area contributed by atoms with E-state index in [2.05, 4.69) is 57.2 Å². The number of aliphatic carboxylic acids is 1. The van der Waals surface area contributed by atoms with Crippen LogP contribution >= 0.6 is 0 Å². The summed E-state index contributed by atoms with van der Waals surface area (Å²) in [6, 6.07) is -3.40. The lowest BCUT2D eigenvalue weighted by molar-refractivity contribution is -0.475. The summed E-state index contributed by atoms with van der Waals surface area (Å²) in [6.07, 6.45) is -13.0. The molecule has 9 rings (SSSR count). The molecule has 48 nitrogen and oxygen atoms in total. The van der Waals surface area contributed by atoms with Gasteiger partial charge in [0.05, 0.1) is 155 Å². The van der Waals surface area contributed by atoms with E-state index in [1.165, 1.54) is 30.1 Å². The SMILES string of the molecule is CC(=O)NC1C(OCCOCCn2cc(CN(CCCC[C@@H](C(=O)O)N(Cc3cn(CCOCCOC4OC(CO)C(O)C(O)C4NC(C)=O)nn3)Cc3cn(CCOCCOC4OC(CO)C(O)N(C(C)=O)C4O)nn3)Cc3cn(CCOCCOC4OC5(CO)C(O)C(O)C45NC(C)=O)nn3)nn2)OC(CO)C(O)C1O. The molecule has 0 spiro atoms. The first-order chi connectivity index (χ1) is 54.2. The van der Waals surface area contributed by atoms with Crippen LogP contribution in [-0.2, 0) is 133 Å². The average molecular weight is 1620 g/mol. The fourth-order valence-electron chi connectivity index (χ4n) is 13.7. The number of nitrogens with zero attached hydrogens (tertiary/aromatic N) is 15. The lowest BCUT2D eigenvalue weighted by atomic mass is 9.53. The van der Waals surface area contributed by atoms with Crippen molar-refractivity contribution in [1.29, 1.82) is 0 Å². The number of nitrogens with one attached hydrogen (secondary N) is 3. The highest BCUT2D eigenvalue weighted by Crippen LogP contribution is 2.57. The number of rotatable bonds is 50. The summed E-state index contributed by atoms with van der Waals surface area (Å²) in [4.78, 5) is 66.0.